The number of primary amides is 1. The molecular weight excluding hydrogens is 562 g/mol. The molecule has 0 saturated heterocycles. The highest BCUT2D eigenvalue weighted by Gasteiger charge is 2.25. The Labute approximate surface area is 252 Å². The summed E-state index contributed by atoms with van der Waals surface area (Å²) in [5.41, 5.74) is 10.4. The van der Waals surface area contributed by atoms with E-state index in [2.05, 4.69) is 25.5 Å². The predicted molar refractivity (Wildman–Crippen MR) is 165 cm³/mol. The number of rotatable bonds is 8. The van der Waals surface area contributed by atoms with Gasteiger partial charge in [0.25, 0.3) is 5.91 Å². The number of furan rings is 1. The van der Waals surface area contributed by atoms with Crippen molar-refractivity contribution in [1.29, 1.82) is 0 Å². The van der Waals surface area contributed by atoms with E-state index in [0.29, 0.717) is 33.8 Å². The zero-order chi connectivity index (χ0) is 30.8. The molecule has 0 aliphatic heterocycles. The van der Waals surface area contributed by atoms with E-state index < -0.39 is 29.7 Å². The fourth-order valence-corrected chi connectivity index (χ4v) is 5.95. The molecule has 1 saturated carbocycles. The van der Waals surface area contributed by atoms with Crippen LogP contribution in [0.15, 0.2) is 65.6 Å². The number of nitrogens with zero attached hydrogens (tertiary/aromatic N) is 2. The molecule has 6 N–H and O–H groups in total. The Bertz CT molecular complexity index is 1860. The number of amides is 4. The number of benzene rings is 2. The summed E-state index contributed by atoms with van der Waals surface area (Å²) in [5.74, 6) is -1.91. The number of nitrogens with one attached hydrogen (secondary N) is 4. The molecule has 5 aromatic rings. The number of aromatic nitrogens is 3. The molecule has 1 aliphatic carbocycles. The number of carbonyl (C=O) groups excluding carboxylic acids is 4. The van der Waals surface area contributed by atoms with Gasteiger partial charge >= 0.3 is 11.8 Å². The first-order valence-corrected chi connectivity index (χ1v) is 14.6. The quantitative estimate of drug-likeness (QED) is 0.170. The summed E-state index contributed by atoms with van der Waals surface area (Å²) >= 11 is 0. The van der Waals surface area contributed by atoms with E-state index in [4.69, 9.17) is 15.1 Å². The second kappa shape index (κ2) is 12.1. The number of anilines is 1. The van der Waals surface area contributed by atoms with Gasteiger partial charge in [-0.05, 0) is 60.9 Å². The lowest BCUT2D eigenvalue weighted by molar-refractivity contribution is -0.135. The average molecular weight is 596 g/mol. The van der Waals surface area contributed by atoms with E-state index in [-0.39, 0.29) is 6.42 Å². The van der Waals surface area contributed by atoms with Crippen LogP contribution in [0, 0.1) is 0 Å². The number of hydrogen-bond acceptors (Lipinski definition) is 6. The number of likely N-dealkylation sites (N-methyl/N-ethyl adjacent to an activating group) is 1. The summed E-state index contributed by atoms with van der Waals surface area (Å²) in [6, 6.07) is 11.7. The van der Waals surface area contributed by atoms with E-state index >= 15 is 0 Å². The van der Waals surface area contributed by atoms with Crippen LogP contribution in [0.4, 0.5) is 5.69 Å². The number of imidazole rings is 1. The lowest BCUT2D eigenvalue weighted by Crippen LogP contribution is -2.45. The third-order valence-corrected chi connectivity index (χ3v) is 8.20. The smallest absolute Gasteiger partial charge is 0.313 e. The minimum absolute atomic E-state index is 0.108. The summed E-state index contributed by atoms with van der Waals surface area (Å²) in [6.07, 6.45) is 10.8. The van der Waals surface area contributed by atoms with E-state index in [1.54, 1.807) is 49.1 Å². The molecule has 0 radical (unpaired) electrons. The first-order chi connectivity index (χ1) is 21.3. The van der Waals surface area contributed by atoms with Gasteiger partial charge in [-0.1, -0.05) is 19.3 Å². The highest BCUT2D eigenvalue weighted by Crippen LogP contribution is 2.36. The highest BCUT2D eigenvalue weighted by atomic mass is 16.3. The molecule has 44 heavy (non-hydrogen) atoms. The van der Waals surface area contributed by atoms with E-state index in [0.717, 1.165) is 48.1 Å². The van der Waals surface area contributed by atoms with Gasteiger partial charge in [0.1, 0.15) is 18.1 Å². The SMILES string of the molecule is CNC(=O)C(=O)Nc1ccc2[nH]cc(C[C@H](NC(=O)c3ccc4c(c3)nc(-c3ccoc3)n4C3CCCCC3)C(N)=O)c2c1. The van der Waals surface area contributed by atoms with Crippen molar-refractivity contribution in [1.82, 2.24) is 25.2 Å². The van der Waals surface area contributed by atoms with Crippen LogP contribution in [0.25, 0.3) is 33.3 Å². The fourth-order valence-electron chi connectivity index (χ4n) is 5.95. The second-order valence-electron chi connectivity index (χ2n) is 11.1. The molecule has 1 fully saturated rings. The number of fused-ring (bicyclic) bond motifs is 2. The Balaban J connectivity index is 1.24. The van der Waals surface area contributed by atoms with Crippen molar-refractivity contribution in [2.75, 3.05) is 12.4 Å². The first-order valence-electron chi connectivity index (χ1n) is 14.6. The van der Waals surface area contributed by atoms with Gasteiger partial charge in [0.15, 0.2) is 0 Å². The maximum absolute atomic E-state index is 13.4. The topological polar surface area (TPSA) is 177 Å². The minimum Gasteiger partial charge on any atom is -0.472 e. The minimum atomic E-state index is -1.01. The number of aromatic amines is 1. The standard InChI is InChI=1S/C32H33N7O5/c1-34-31(42)32(43)36-21-8-9-24-23(15-21)20(16-35-24)14-26(28(33)40)38-30(41)18-7-10-27-25(13-18)37-29(19-11-12-44-17-19)39(27)22-5-3-2-4-6-22/h7-13,15-17,22,26,35H,2-6,14H2,1H3,(H2,33,40)(H,34,42)(H,36,43)(H,38,41)/t26-/m0/s1. The fraction of sp³-hybridized carbons (Fsp3) is 0.281. The molecule has 12 heteroatoms. The van der Waals surface area contributed by atoms with Crippen LogP contribution < -0.4 is 21.7 Å². The lowest BCUT2D eigenvalue weighted by atomic mass is 9.95. The second-order valence-corrected chi connectivity index (χ2v) is 11.1. The number of H-pyrrole nitrogens is 1. The number of nitrogens with two attached hydrogens (primary N) is 1. The van der Waals surface area contributed by atoms with Gasteiger partial charge in [-0.3, -0.25) is 19.2 Å². The Morgan fingerprint density at radius 2 is 1.89 bits per heavy atom. The largest absolute Gasteiger partial charge is 0.472 e. The van der Waals surface area contributed by atoms with Crippen molar-refractivity contribution in [3.8, 4) is 11.4 Å². The maximum Gasteiger partial charge on any atom is 0.313 e. The van der Waals surface area contributed by atoms with Crippen molar-refractivity contribution in [2.45, 2.75) is 50.6 Å². The first kappa shape index (κ1) is 28.7. The molecule has 4 amide bonds. The predicted octanol–water partition coefficient (Wildman–Crippen LogP) is 3.79. The zero-order valence-corrected chi connectivity index (χ0v) is 24.2. The molecule has 1 atom stereocenters. The Hall–Kier alpha value is -5.39. The third kappa shape index (κ3) is 5.65. The van der Waals surface area contributed by atoms with Crippen LogP contribution in [-0.4, -0.2) is 51.3 Å². The molecule has 12 nitrogen and oxygen atoms in total. The lowest BCUT2D eigenvalue weighted by Gasteiger charge is -2.25. The van der Waals surface area contributed by atoms with E-state index in [1.807, 2.05) is 12.1 Å². The van der Waals surface area contributed by atoms with Crippen LogP contribution in [0.1, 0.15) is 54.1 Å². The van der Waals surface area contributed by atoms with Crippen molar-refractivity contribution >= 4 is 51.3 Å². The molecule has 0 bridgehead atoms. The Morgan fingerprint density at radius 3 is 2.61 bits per heavy atom. The van der Waals surface area contributed by atoms with Gasteiger partial charge in [0, 0.05) is 47.9 Å². The highest BCUT2D eigenvalue weighted by molar-refractivity contribution is 6.39. The molecule has 226 valence electrons. The van der Waals surface area contributed by atoms with Crippen LogP contribution in [-0.2, 0) is 20.8 Å². The Morgan fingerprint density at radius 1 is 1.07 bits per heavy atom. The van der Waals surface area contributed by atoms with Gasteiger partial charge in [-0.2, -0.15) is 0 Å². The van der Waals surface area contributed by atoms with Crippen LogP contribution in [0.5, 0.6) is 0 Å². The van der Waals surface area contributed by atoms with Crippen molar-refractivity contribution in [3.05, 3.63) is 72.3 Å². The summed E-state index contributed by atoms with van der Waals surface area (Å²) in [6.45, 7) is 0. The molecule has 0 spiro atoms. The zero-order valence-electron chi connectivity index (χ0n) is 24.2. The third-order valence-electron chi connectivity index (χ3n) is 8.20. The number of hydrogen-bond donors (Lipinski definition) is 5. The molecule has 3 aromatic heterocycles. The summed E-state index contributed by atoms with van der Waals surface area (Å²) in [5, 5.41) is 8.31. The van der Waals surface area contributed by atoms with Crippen molar-refractivity contribution in [2.24, 2.45) is 5.73 Å². The van der Waals surface area contributed by atoms with Crippen molar-refractivity contribution in [3.63, 3.8) is 0 Å². The molecule has 1 aliphatic rings. The van der Waals surface area contributed by atoms with E-state index in [9.17, 15) is 19.2 Å². The summed E-state index contributed by atoms with van der Waals surface area (Å²) in [7, 11) is 1.37. The molecule has 3 heterocycles. The van der Waals surface area contributed by atoms with Crippen LogP contribution >= 0.6 is 0 Å². The summed E-state index contributed by atoms with van der Waals surface area (Å²) in [4.78, 5) is 57.6. The van der Waals surface area contributed by atoms with E-state index in [1.165, 1.54) is 13.5 Å². The van der Waals surface area contributed by atoms with Gasteiger partial charge in [0.05, 0.1) is 22.9 Å². The van der Waals surface area contributed by atoms with Crippen molar-refractivity contribution < 1.29 is 23.6 Å². The summed E-state index contributed by atoms with van der Waals surface area (Å²) < 4.78 is 7.60. The Kier molecular flexibility index (Phi) is 7.88. The number of carbonyl (C=O) groups is 4. The molecule has 6 rings (SSSR count). The maximum atomic E-state index is 13.4. The average Bonchev–Trinajstić information content (AvgIpc) is 3.79. The van der Waals surface area contributed by atoms with Gasteiger partial charge in [0.2, 0.25) is 5.91 Å². The molecular formula is C32H33N7O5. The van der Waals surface area contributed by atoms with Crippen LogP contribution in [0.2, 0.25) is 0 Å². The van der Waals surface area contributed by atoms with Crippen LogP contribution in [0.3, 0.4) is 0 Å². The normalized spacial score (nSPS) is 14.4. The van der Waals surface area contributed by atoms with Gasteiger partial charge in [-0.25, -0.2) is 4.98 Å². The van der Waals surface area contributed by atoms with Gasteiger partial charge in [-0.15, -0.1) is 0 Å². The molecule has 2 aromatic carbocycles. The monoisotopic (exact) mass is 595 g/mol. The molecule has 0 unspecified atom stereocenters. The van der Waals surface area contributed by atoms with Gasteiger partial charge < -0.3 is 35.7 Å².